The standard InChI is InChI=1S/C22H19N7O2S/c30-20(23-10-6-12-28-22(31)27-11-5-4-9-19(27)26-28)18-15-32-21(25-18)16-13-24-29(14-16)17-7-2-1-3-8-17/h1-5,7-9,11,13-15H,6,10,12H2,(H,23,30). The number of hydrogen-bond donors (Lipinski definition) is 1. The Hall–Kier alpha value is -4.05. The number of carbonyl (C=O) groups excluding carboxylic acids is 1. The quantitative estimate of drug-likeness (QED) is 0.388. The number of nitrogens with zero attached hydrogens (tertiary/aromatic N) is 6. The van der Waals surface area contributed by atoms with Crippen molar-refractivity contribution in [3.8, 4) is 16.3 Å². The Morgan fingerprint density at radius 2 is 1.94 bits per heavy atom. The van der Waals surface area contributed by atoms with Crippen LogP contribution in [-0.2, 0) is 6.54 Å². The zero-order valence-electron chi connectivity index (χ0n) is 17.0. The molecule has 0 unspecified atom stereocenters. The van der Waals surface area contributed by atoms with Crippen LogP contribution < -0.4 is 11.0 Å². The number of aromatic nitrogens is 6. The lowest BCUT2D eigenvalue weighted by Gasteiger charge is -2.02. The van der Waals surface area contributed by atoms with Gasteiger partial charge in [0.1, 0.15) is 10.7 Å². The van der Waals surface area contributed by atoms with E-state index in [1.54, 1.807) is 34.6 Å². The molecule has 0 radical (unpaired) electrons. The SMILES string of the molecule is O=C(NCCCn1nc2ccccn2c1=O)c1csc(-c2cnn(-c3ccccc3)c2)n1. The second kappa shape index (κ2) is 8.60. The fraction of sp³-hybridized carbons (Fsp3) is 0.136. The summed E-state index contributed by atoms with van der Waals surface area (Å²) in [6.45, 7) is 0.833. The predicted molar refractivity (Wildman–Crippen MR) is 121 cm³/mol. The smallest absolute Gasteiger partial charge is 0.350 e. The maximum atomic E-state index is 12.5. The Kier molecular flexibility index (Phi) is 5.34. The van der Waals surface area contributed by atoms with E-state index in [4.69, 9.17) is 0 Å². The van der Waals surface area contributed by atoms with Crippen LogP contribution in [0.3, 0.4) is 0 Å². The van der Waals surface area contributed by atoms with Gasteiger partial charge in [0, 0.05) is 36.4 Å². The highest BCUT2D eigenvalue weighted by molar-refractivity contribution is 7.13. The molecule has 9 nitrogen and oxygen atoms in total. The first-order chi connectivity index (χ1) is 15.7. The highest BCUT2D eigenvalue weighted by Crippen LogP contribution is 2.24. The van der Waals surface area contributed by atoms with Crippen LogP contribution in [0.5, 0.6) is 0 Å². The van der Waals surface area contributed by atoms with Gasteiger partial charge in [0.05, 0.1) is 11.9 Å². The molecule has 0 bridgehead atoms. The lowest BCUT2D eigenvalue weighted by molar-refractivity contribution is 0.0948. The Morgan fingerprint density at radius 3 is 2.78 bits per heavy atom. The van der Waals surface area contributed by atoms with E-state index >= 15 is 0 Å². The summed E-state index contributed by atoms with van der Waals surface area (Å²) in [5, 5.41) is 14.0. The highest BCUT2D eigenvalue weighted by Gasteiger charge is 2.13. The average Bonchev–Trinajstić information content (AvgIpc) is 3.57. The maximum Gasteiger partial charge on any atom is 0.350 e. The van der Waals surface area contributed by atoms with Crippen molar-refractivity contribution < 1.29 is 4.79 Å². The lowest BCUT2D eigenvalue weighted by atomic mass is 10.3. The molecular formula is C22H19N7O2S. The number of hydrogen-bond acceptors (Lipinski definition) is 6. The van der Waals surface area contributed by atoms with Gasteiger partial charge in [-0.1, -0.05) is 24.3 Å². The Balaban J connectivity index is 1.18. The van der Waals surface area contributed by atoms with Crippen molar-refractivity contribution in [3.63, 3.8) is 0 Å². The van der Waals surface area contributed by atoms with Crippen LogP contribution in [0, 0.1) is 0 Å². The molecule has 0 aliphatic rings. The third-order valence-corrected chi connectivity index (χ3v) is 5.80. The number of para-hydroxylation sites is 1. The molecular weight excluding hydrogens is 426 g/mol. The van der Waals surface area contributed by atoms with Crippen LogP contribution in [0.1, 0.15) is 16.9 Å². The van der Waals surface area contributed by atoms with Crippen LogP contribution in [-0.4, -0.2) is 41.4 Å². The van der Waals surface area contributed by atoms with Gasteiger partial charge in [-0.15, -0.1) is 16.4 Å². The minimum absolute atomic E-state index is 0.188. The van der Waals surface area contributed by atoms with Crippen molar-refractivity contribution in [2.45, 2.75) is 13.0 Å². The van der Waals surface area contributed by atoms with Crippen LogP contribution >= 0.6 is 11.3 Å². The van der Waals surface area contributed by atoms with Crippen molar-refractivity contribution in [3.05, 3.63) is 88.7 Å². The van der Waals surface area contributed by atoms with Crippen molar-refractivity contribution in [2.24, 2.45) is 0 Å². The van der Waals surface area contributed by atoms with Gasteiger partial charge in [-0.05, 0) is 30.7 Å². The zero-order chi connectivity index (χ0) is 21.9. The maximum absolute atomic E-state index is 12.5. The van der Waals surface area contributed by atoms with Gasteiger partial charge >= 0.3 is 5.69 Å². The van der Waals surface area contributed by atoms with Gasteiger partial charge in [-0.25, -0.2) is 19.1 Å². The molecule has 32 heavy (non-hydrogen) atoms. The third-order valence-electron chi connectivity index (χ3n) is 4.91. The molecule has 0 saturated carbocycles. The summed E-state index contributed by atoms with van der Waals surface area (Å²) in [6.07, 6.45) is 5.89. The van der Waals surface area contributed by atoms with Crippen LogP contribution in [0.15, 0.2) is 77.3 Å². The lowest BCUT2D eigenvalue weighted by Crippen LogP contribution is -2.27. The topological polar surface area (TPSA) is 99.1 Å². The minimum atomic E-state index is -0.245. The number of nitrogens with one attached hydrogen (secondary N) is 1. The molecule has 0 spiro atoms. The molecule has 0 saturated heterocycles. The number of aryl methyl sites for hydroxylation is 1. The summed E-state index contributed by atoms with van der Waals surface area (Å²) in [6, 6.07) is 15.2. The van der Waals surface area contributed by atoms with Crippen molar-refractivity contribution in [1.82, 2.24) is 34.3 Å². The molecule has 1 N–H and O–H groups in total. The van der Waals surface area contributed by atoms with E-state index < -0.39 is 0 Å². The van der Waals surface area contributed by atoms with E-state index in [1.165, 1.54) is 20.4 Å². The van der Waals surface area contributed by atoms with E-state index in [1.807, 2.05) is 42.6 Å². The monoisotopic (exact) mass is 445 g/mol. The molecule has 4 aromatic heterocycles. The number of fused-ring (bicyclic) bond motifs is 1. The van der Waals surface area contributed by atoms with E-state index in [0.717, 1.165) is 16.3 Å². The fourth-order valence-corrected chi connectivity index (χ4v) is 4.08. The van der Waals surface area contributed by atoms with Crippen LogP contribution in [0.4, 0.5) is 0 Å². The Morgan fingerprint density at radius 1 is 1.09 bits per heavy atom. The first kappa shape index (κ1) is 19.9. The number of carbonyl (C=O) groups is 1. The first-order valence-corrected chi connectivity index (χ1v) is 11.0. The largest absolute Gasteiger partial charge is 0.351 e. The Bertz CT molecular complexity index is 1430. The van der Waals surface area contributed by atoms with Gasteiger partial charge < -0.3 is 5.32 Å². The van der Waals surface area contributed by atoms with Crippen LogP contribution in [0.25, 0.3) is 21.9 Å². The molecule has 160 valence electrons. The molecule has 0 aliphatic carbocycles. The number of thiazole rings is 1. The zero-order valence-corrected chi connectivity index (χ0v) is 17.8. The summed E-state index contributed by atoms with van der Waals surface area (Å²) < 4.78 is 4.68. The van der Waals surface area contributed by atoms with Gasteiger partial charge in [0.2, 0.25) is 0 Å². The van der Waals surface area contributed by atoms with E-state index in [2.05, 4.69) is 20.5 Å². The Labute approximate surface area is 186 Å². The molecule has 10 heteroatoms. The molecule has 0 fully saturated rings. The van der Waals surface area contributed by atoms with E-state index in [-0.39, 0.29) is 11.6 Å². The van der Waals surface area contributed by atoms with Crippen molar-refractivity contribution in [2.75, 3.05) is 6.54 Å². The minimum Gasteiger partial charge on any atom is -0.351 e. The average molecular weight is 446 g/mol. The predicted octanol–water partition coefficient (Wildman–Crippen LogP) is 2.63. The summed E-state index contributed by atoms with van der Waals surface area (Å²) in [5.41, 5.74) is 2.59. The van der Waals surface area contributed by atoms with Crippen molar-refractivity contribution in [1.29, 1.82) is 0 Å². The molecule has 0 aliphatic heterocycles. The molecule has 1 aromatic carbocycles. The van der Waals surface area contributed by atoms with Crippen molar-refractivity contribution >= 4 is 22.9 Å². The highest BCUT2D eigenvalue weighted by atomic mass is 32.1. The van der Waals surface area contributed by atoms with Gasteiger partial charge in [0.25, 0.3) is 5.91 Å². The molecule has 4 heterocycles. The summed E-state index contributed by atoms with van der Waals surface area (Å²) in [7, 11) is 0. The molecule has 1 amide bonds. The second-order valence-electron chi connectivity index (χ2n) is 7.09. The molecule has 5 rings (SSSR count). The van der Waals surface area contributed by atoms with Gasteiger partial charge in [0.15, 0.2) is 5.65 Å². The second-order valence-corrected chi connectivity index (χ2v) is 7.95. The number of benzene rings is 1. The van der Waals surface area contributed by atoms with Crippen LogP contribution in [0.2, 0.25) is 0 Å². The number of pyridine rings is 1. The molecule has 0 atom stereocenters. The number of amides is 1. The van der Waals surface area contributed by atoms with Gasteiger partial charge in [-0.2, -0.15) is 5.10 Å². The summed E-state index contributed by atoms with van der Waals surface area (Å²) >= 11 is 1.40. The number of rotatable bonds is 7. The van der Waals surface area contributed by atoms with E-state index in [0.29, 0.717) is 30.9 Å². The normalized spacial score (nSPS) is 11.1. The fourth-order valence-electron chi connectivity index (χ4n) is 3.30. The molecule has 5 aromatic rings. The third kappa shape index (κ3) is 3.95. The van der Waals surface area contributed by atoms with Gasteiger partial charge in [-0.3, -0.25) is 9.20 Å². The van der Waals surface area contributed by atoms with E-state index in [9.17, 15) is 9.59 Å². The summed E-state index contributed by atoms with van der Waals surface area (Å²) in [5.74, 6) is -0.245. The first-order valence-electron chi connectivity index (χ1n) is 10.1. The summed E-state index contributed by atoms with van der Waals surface area (Å²) in [4.78, 5) is 29.2.